The first-order valence-corrected chi connectivity index (χ1v) is 7.46. The van der Waals surface area contributed by atoms with Gasteiger partial charge in [0.1, 0.15) is 10.6 Å². The first-order chi connectivity index (χ1) is 9.79. The minimum atomic E-state index is -3.96. The minimum Gasteiger partial charge on any atom is -0.379 e. The normalized spacial score (nSPS) is 11.1. The van der Waals surface area contributed by atoms with E-state index < -0.39 is 15.0 Å². The maximum Gasteiger partial charge on any atom is 0.339 e. The Morgan fingerprint density at radius 1 is 1.05 bits per heavy atom. The van der Waals surface area contributed by atoms with Crippen LogP contribution in [0.25, 0.3) is 0 Å². The summed E-state index contributed by atoms with van der Waals surface area (Å²) in [5.74, 6) is 0.0705. The molecule has 7 heteroatoms. The molecule has 0 aliphatic heterocycles. The average Bonchev–Trinajstić information content (AvgIpc) is 2.41. The molecule has 110 valence electrons. The van der Waals surface area contributed by atoms with Crippen molar-refractivity contribution in [2.24, 2.45) is 0 Å². The highest BCUT2D eigenvalue weighted by atomic mass is 32.2. The summed E-state index contributed by atoms with van der Waals surface area (Å²) >= 11 is 0. The smallest absolute Gasteiger partial charge is 0.339 e. The van der Waals surface area contributed by atoms with Crippen LogP contribution in [0.1, 0.15) is 11.1 Å². The predicted molar refractivity (Wildman–Crippen MR) is 76.8 cm³/mol. The fourth-order valence-electron chi connectivity index (χ4n) is 1.71. The van der Waals surface area contributed by atoms with Gasteiger partial charge in [-0.25, -0.2) is 0 Å². The van der Waals surface area contributed by atoms with E-state index in [0.29, 0.717) is 5.56 Å². The zero-order valence-electron chi connectivity index (χ0n) is 11.4. The second-order valence-corrected chi connectivity index (χ2v) is 6.10. The number of rotatable bonds is 4. The number of hydrogen-bond acceptors (Lipinski definition) is 5. The van der Waals surface area contributed by atoms with E-state index in [4.69, 9.17) is 4.18 Å². The maximum atomic E-state index is 12.1. The average molecular weight is 307 g/mol. The highest BCUT2D eigenvalue weighted by Crippen LogP contribution is 2.26. The van der Waals surface area contributed by atoms with Gasteiger partial charge in [-0.1, -0.05) is 17.7 Å². The Labute approximate surface area is 122 Å². The molecule has 21 heavy (non-hydrogen) atoms. The predicted octanol–water partition coefficient (Wildman–Crippen LogP) is 2.98. The van der Waals surface area contributed by atoms with E-state index in [1.165, 1.54) is 30.3 Å². The molecule has 0 amide bonds. The van der Waals surface area contributed by atoms with Crippen LogP contribution in [-0.2, 0) is 10.1 Å². The topological polar surface area (TPSA) is 86.5 Å². The molecule has 2 rings (SSSR count). The quantitative estimate of drug-likeness (QED) is 0.492. The lowest BCUT2D eigenvalue weighted by atomic mass is 10.2. The van der Waals surface area contributed by atoms with Gasteiger partial charge in [-0.2, -0.15) is 8.42 Å². The van der Waals surface area contributed by atoms with E-state index >= 15 is 0 Å². The summed E-state index contributed by atoms with van der Waals surface area (Å²) in [6.07, 6.45) is 0. The molecular weight excluding hydrogens is 294 g/mol. The van der Waals surface area contributed by atoms with Gasteiger partial charge in [-0.3, -0.25) is 10.1 Å². The Kier molecular flexibility index (Phi) is 3.95. The van der Waals surface area contributed by atoms with Gasteiger partial charge in [0.05, 0.1) is 4.92 Å². The molecule has 2 aromatic rings. The van der Waals surface area contributed by atoms with Crippen molar-refractivity contribution in [2.45, 2.75) is 18.7 Å². The molecule has 0 aliphatic carbocycles. The van der Waals surface area contributed by atoms with Crippen LogP contribution in [0.3, 0.4) is 0 Å². The van der Waals surface area contributed by atoms with Crippen LogP contribution in [0, 0.1) is 24.0 Å². The monoisotopic (exact) mass is 307 g/mol. The Morgan fingerprint density at radius 3 is 2.19 bits per heavy atom. The Balaban J connectivity index is 2.32. The van der Waals surface area contributed by atoms with Gasteiger partial charge in [0.2, 0.25) is 0 Å². The van der Waals surface area contributed by atoms with Gasteiger partial charge in [-0.15, -0.1) is 0 Å². The second-order valence-electron chi connectivity index (χ2n) is 4.56. The lowest BCUT2D eigenvalue weighted by molar-refractivity contribution is -0.384. The van der Waals surface area contributed by atoms with Gasteiger partial charge in [0, 0.05) is 12.1 Å². The number of hydrogen-bond donors (Lipinski definition) is 0. The molecule has 0 aromatic heterocycles. The van der Waals surface area contributed by atoms with Crippen LogP contribution in [0.5, 0.6) is 5.75 Å². The van der Waals surface area contributed by atoms with Gasteiger partial charge in [0.25, 0.3) is 5.69 Å². The van der Waals surface area contributed by atoms with E-state index in [1.807, 2.05) is 6.92 Å². The van der Waals surface area contributed by atoms with Crippen molar-refractivity contribution in [1.29, 1.82) is 0 Å². The van der Waals surface area contributed by atoms with E-state index in [1.54, 1.807) is 19.1 Å². The lowest BCUT2D eigenvalue weighted by Gasteiger charge is -2.09. The number of nitro groups is 1. The molecule has 0 atom stereocenters. The van der Waals surface area contributed by atoms with E-state index in [9.17, 15) is 18.5 Å². The third-order valence-electron chi connectivity index (χ3n) is 2.88. The van der Waals surface area contributed by atoms with Crippen LogP contribution >= 0.6 is 0 Å². The first kappa shape index (κ1) is 15.0. The third kappa shape index (κ3) is 3.38. The maximum absolute atomic E-state index is 12.1. The molecule has 0 bridgehead atoms. The number of aryl methyl sites for hydroxylation is 2. The second kappa shape index (κ2) is 5.53. The molecular formula is C14H13NO5S. The summed E-state index contributed by atoms with van der Waals surface area (Å²) in [4.78, 5) is 10.1. The van der Waals surface area contributed by atoms with Gasteiger partial charge in [-0.05, 0) is 37.6 Å². The summed E-state index contributed by atoms with van der Waals surface area (Å²) in [7, 11) is -3.96. The van der Waals surface area contributed by atoms with E-state index in [-0.39, 0.29) is 16.3 Å². The molecule has 0 saturated carbocycles. The molecule has 0 radical (unpaired) electrons. The molecule has 6 nitrogen and oxygen atoms in total. The molecule has 0 saturated heterocycles. The zero-order valence-corrected chi connectivity index (χ0v) is 12.3. The highest BCUT2D eigenvalue weighted by Gasteiger charge is 2.18. The molecule has 0 heterocycles. The van der Waals surface area contributed by atoms with Crippen molar-refractivity contribution in [2.75, 3.05) is 0 Å². The van der Waals surface area contributed by atoms with Crippen molar-refractivity contribution in [3.05, 3.63) is 63.7 Å². The van der Waals surface area contributed by atoms with Crippen LogP contribution in [0.15, 0.2) is 47.4 Å². The van der Waals surface area contributed by atoms with Crippen LogP contribution < -0.4 is 4.18 Å². The molecule has 0 spiro atoms. The van der Waals surface area contributed by atoms with Crippen LogP contribution in [-0.4, -0.2) is 13.3 Å². The molecule has 0 aliphatic rings. The van der Waals surface area contributed by atoms with Crippen LogP contribution in [0.4, 0.5) is 5.69 Å². The summed E-state index contributed by atoms with van der Waals surface area (Å²) in [5.41, 5.74) is 1.19. The summed E-state index contributed by atoms with van der Waals surface area (Å²) in [6, 6.07) is 9.97. The van der Waals surface area contributed by atoms with Crippen molar-refractivity contribution in [3.63, 3.8) is 0 Å². The number of nitrogens with zero attached hydrogens (tertiary/aromatic N) is 1. The molecule has 0 N–H and O–H groups in total. The van der Waals surface area contributed by atoms with Gasteiger partial charge in [0.15, 0.2) is 0 Å². The standard InChI is InChI=1S/C14H13NO5S/c1-10-3-6-13(7-4-10)21(18,19)20-14-8-5-12(15(16)17)9-11(14)2/h3-9H,1-2H3. The summed E-state index contributed by atoms with van der Waals surface area (Å²) in [5, 5.41) is 10.6. The fraction of sp³-hybridized carbons (Fsp3) is 0.143. The van der Waals surface area contributed by atoms with Crippen molar-refractivity contribution >= 4 is 15.8 Å². The number of benzene rings is 2. The SMILES string of the molecule is Cc1ccc(S(=O)(=O)Oc2ccc([N+](=O)[O-])cc2C)cc1. The van der Waals surface area contributed by atoms with E-state index in [0.717, 1.165) is 5.56 Å². The van der Waals surface area contributed by atoms with Crippen molar-refractivity contribution in [3.8, 4) is 5.75 Å². The Hall–Kier alpha value is -2.41. The number of nitro benzene ring substituents is 1. The van der Waals surface area contributed by atoms with E-state index in [2.05, 4.69) is 0 Å². The molecule has 0 unspecified atom stereocenters. The molecule has 2 aromatic carbocycles. The largest absolute Gasteiger partial charge is 0.379 e. The third-order valence-corrected chi connectivity index (χ3v) is 4.13. The lowest BCUT2D eigenvalue weighted by Crippen LogP contribution is -2.10. The number of non-ortho nitro benzene ring substituents is 1. The zero-order chi connectivity index (χ0) is 15.6. The minimum absolute atomic E-state index is 0.0332. The molecule has 0 fully saturated rings. The van der Waals surface area contributed by atoms with Gasteiger partial charge < -0.3 is 4.18 Å². The summed E-state index contributed by atoms with van der Waals surface area (Å²) < 4.78 is 29.3. The highest BCUT2D eigenvalue weighted by molar-refractivity contribution is 7.87. The summed E-state index contributed by atoms with van der Waals surface area (Å²) in [6.45, 7) is 3.39. The van der Waals surface area contributed by atoms with Gasteiger partial charge >= 0.3 is 10.1 Å². The van der Waals surface area contributed by atoms with Crippen LogP contribution in [0.2, 0.25) is 0 Å². The fourth-order valence-corrected chi connectivity index (χ4v) is 2.70. The Bertz CT molecular complexity index is 782. The van der Waals surface area contributed by atoms with Crippen molar-refractivity contribution in [1.82, 2.24) is 0 Å². The van der Waals surface area contributed by atoms with Crippen molar-refractivity contribution < 1.29 is 17.5 Å². The Morgan fingerprint density at radius 2 is 1.67 bits per heavy atom. The first-order valence-electron chi connectivity index (χ1n) is 6.06.